The SMILES string of the molecule is CCC1(C)CCN(CCCC(C)(N)CO)CC1. The number of likely N-dealkylation sites (tertiary alicyclic amines) is 1. The monoisotopic (exact) mass is 242 g/mol. The van der Waals surface area contributed by atoms with Gasteiger partial charge < -0.3 is 15.7 Å². The zero-order valence-corrected chi connectivity index (χ0v) is 11.8. The van der Waals surface area contributed by atoms with E-state index in [-0.39, 0.29) is 6.61 Å². The van der Waals surface area contributed by atoms with Crippen LogP contribution in [0.25, 0.3) is 0 Å². The maximum atomic E-state index is 9.09. The van der Waals surface area contributed by atoms with Crippen LogP contribution in [0.4, 0.5) is 0 Å². The van der Waals surface area contributed by atoms with Gasteiger partial charge in [0, 0.05) is 5.54 Å². The van der Waals surface area contributed by atoms with Gasteiger partial charge >= 0.3 is 0 Å². The molecule has 3 nitrogen and oxygen atoms in total. The van der Waals surface area contributed by atoms with Crippen LogP contribution in [-0.2, 0) is 0 Å². The summed E-state index contributed by atoms with van der Waals surface area (Å²) < 4.78 is 0. The van der Waals surface area contributed by atoms with E-state index >= 15 is 0 Å². The van der Waals surface area contributed by atoms with Gasteiger partial charge in [0.15, 0.2) is 0 Å². The zero-order chi connectivity index (χ0) is 12.9. The molecule has 0 aromatic heterocycles. The zero-order valence-electron chi connectivity index (χ0n) is 11.8. The fourth-order valence-corrected chi connectivity index (χ4v) is 2.46. The molecule has 17 heavy (non-hydrogen) atoms. The summed E-state index contributed by atoms with van der Waals surface area (Å²) in [6.45, 7) is 10.3. The first-order valence-electron chi connectivity index (χ1n) is 7.03. The molecule has 0 amide bonds. The molecule has 1 saturated heterocycles. The van der Waals surface area contributed by atoms with Crippen LogP contribution in [0.3, 0.4) is 0 Å². The average molecular weight is 242 g/mol. The van der Waals surface area contributed by atoms with E-state index in [1.54, 1.807) is 0 Å². The molecule has 0 aromatic carbocycles. The second-order valence-corrected chi connectivity index (χ2v) is 6.42. The largest absolute Gasteiger partial charge is 0.394 e. The van der Waals surface area contributed by atoms with Crippen molar-refractivity contribution in [1.29, 1.82) is 0 Å². The summed E-state index contributed by atoms with van der Waals surface area (Å²) in [6.07, 6.45) is 5.94. The van der Waals surface area contributed by atoms with E-state index in [2.05, 4.69) is 18.7 Å². The molecule has 0 bridgehead atoms. The summed E-state index contributed by atoms with van der Waals surface area (Å²) in [4.78, 5) is 2.55. The molecular weight excluding hydrogens is 212 g/mol. The van der Waals surface area contributed by atoms with Gasteiger partial charge in [0.25, 0.3) is 0 Å². The maximum absolute atomic E-state index is 9.09. The lowest BCUT2D eigenvalue weighted by atomic mass is 9.78. The lowest BCUT2D eigenvalue weighted by Crippen LogP contribution is -2.42. The van der Waals surface area contributed by atoms with Crippen molar-refractivity contribution in [2.24, 2.45) is 11.1 Å². The highest BCUT2D eigenvalue weighted by atomic mass is 16.3. The topological polar surface area (TPSA) is 49.5 Å². The summed E-state index contributed by atoms with van der Waals surface area (Å²) in [5.74, 6) is 0. The van der Waals surface area contributed by atoms with E-state index in [1.807, 2.05) is 6.92 Å². The van der Waals surface area contributed by atoms with Crippen molar-refractivity contribution < 1.29 is 5.11 Å². The molecule has 1 atom stereocenters. The molecule has 1 fully saturated rings. The Kier molecular flexibility index (Phi) is 5.42. The van der Waals surface area contributed by atoms with Crippen LogP contribution in [0.15, 0.2) is 0 Å². The van der Waals surface area contributed by atoms with E-state index in [0.29, 0.717) is 5.41 Å². The van der Waals surface area contributed by atoms with Crippen molar-refractivity contribution in [3.8, 4) is 0 Å². The van der Waals surface area contributed by atoms with Gasteiger partial charge in [0.05, 0.1) is 6.61 Å². The van der Waals surface area contributed by atoms with Gasteiger partial charge in [-0.05, 0) is 57.7 Å². The molecule has 0 spiro atoms. The third kappa shape index (κ3) is 4.94. The predicted octanol–water partition coefficient (Wildman–Crippen LogP) is 1.99. The fraction of sp³-hybridized carbons (Fsp3) is 1.00. The van der Waals surface area contributed by atoms with Crippen molar-refractivity contribution in [3.63, 3.8) is 0 Å². The van der Waals surface area contributed by atoms with E-state index < -0.39 is 5.54 Å². The Balaban J connectivity index is 2.19. The second-order valence-electron chi connectivity index (χ2n) is 6.42. The van der Waals surface area contributed by atoms with Gasteiger partial charge in [-0.2, -0.15) is 0 Å². The summed E-state index contributed by atoms with van der Waals surface area (Å²) in [7, 11) is 0. The van der Waals surface area contributed by atoms with Gasteiger partial charge in [0.1, 0.15) is 0 Å². The van der Waals surface area contributed by atoms with Gasteiger partial charge in [-0.3, -0.25) is 0 Å². The summed E-state index contributed by atoms with van der Waals surface area (Å²) in [5, 5.41) is 9.09. The minimum absolute atomic E-state index is 0.0842. The molecule has 3 N–H and O–H groups in total. The predicted molar refractivity (Wildman–Crippen MR) is 73.0 cm³/mol. The van der Waals surface area contributed by atoms with Crippen molar-refractivity contribution in [2.75, 3.05) is 26.2 Å². The first kappa shape index (κ1) is 14.9. The molecule has 0 saturated carbocycles. The van der Waals surface area contributed by atoms with Crippen LogP contribution >= 0.6 is 0 Å². The molecule has 0 aromatic rings. The Labute approximate surface area is 106 Å². The Hall–Kier alpha value is -0.120. The van der Waals surface area contributed by atoms with Crippen molar-refractivity contribution >= 4 is 0 Å². The molecule has 0 radical (unpaired) electrons. The number of aliphatic hydroxyl groups excluding tert-OH is 1. The highest BCUT2D eigenvalue weighted by Crippen LogP contribution is 2.33. The maximum Gasteiger partial charge on any atom is 0.0608 e. The first-order valence-corrected chi connectivity index (χ1v) is 7.03. The van der Waals surface area contributed by atoms with E-state index in [9.17, 15) is 0 Å². The van der Waals surface area contributed by atoms with E-state index in [1.165, 1.54) is 32.4 Å². The number of nitrogens with zero attached hydrogens (tertiary/aromatic N) is 1. The van der Waals surface area contributed by atoms with Crippen molar-refractivity contribution in [3.05, 3.63) is 0 Å². The minimum Gasteiger partial charge on any atom is -0.394 e. The Morgan fingerprint density at radius 2 is 1.94 bits per heavy atom. The van der Waals surface area contributed by atoms with Gasteiger partial charge in [0.2, 0.25) is 0 Å². The normalized spacial score (nSPS) is 24.5. The molecule has 1 heterocycles. The summed E-state index contributed by atoms with van der Waals surface area (Å²) in [5.41, 5.74) is 6.11. The molecule has 1 aliphatic rings. The van der Waals surface area contributed by atoms with Crippen LogP contribution in [0.1, 0.15) is 52.9 Å². The lowest BCUT2D eigenvalue weighted by Gasteiger charge is -2.39. The number of hydrogen-bond donors (Lipinski definition) is 2. The average Bonchev–Trinajstić information content (AvgIpc) is 2.32. The van der Waals surface area contributed by atoms with Crippen LogP contribution < -0.4 is 5.73 Å². The van der Waals surface area contributed by atoms with Gasteiger partial charge in [-0.1, -0.05) is 20.3 Å². The molecule has 102 valence electrons. The first-order chi connectivity index (χ1) is 7.91. The summed E-state index contributed by atoms with van der Waals surface area (Å²) >= 11 is 0. The molecule has 1 rings (SSSR count). The van der Waals surface area contributed by atoms with Gasteiger partial charge in [-0.15, -0.1) is 0 Å². The Morgan fingerprint density at radius 1 is 1.35 bits per heavy atom. The third-order valence-corrected chi connectivity index (χ3v) is 4.50. The van der Waals surface area contributed by atoms with Crippen molar-refractivity contribution in [1.82, 2.24) is 4.90 Å². The number of aliphatic hydroxyl groups is 1. The van der Waals surface area contributed by atoms with E-state index in [0.717, 1.165) is 19.4 Å². The number of piperidine rings is 1. The second kappa shape index (κ2) is 6.17. The number of hydrogen-bond acceptors (Lipinski definition) is 3. The smallest absolute Gasteiger partial charge is 0.0608 e. The number of nitrogens with two attached hydrogens (primary N) is 1. The molecular formula is C14H30N2O. The van der Waals surface area contributed by atoms with Gasteiger partial charge in [-0.25, -0.2) is 0 Å². The third-order valence-electron chi connectivity index (χ3n) is 4.50. The van der Waals surface area contributed by atoms with Crippen LogP contribution in [0, 0.1) is 5.41 Å². The van der Waals surface area contributed by atoms with E-state index in [4.69, 9.17) is 10.8 Å². The molecule has 1 unspecified atom stereocenters. The van der Waals surface area contributed by atoms with Crippen LogP contribution in [0.2, 0.25) is 0 Å². The standard InChI is InChI=1S/C14H30N2O/c1-4-13(2)7-10-16(11-8-13)9-5-6-14(3,15)12-17/h17H,4-12,15H2,1-3H3. The quantitative estimate of drug-likeness (QED) is 0.749. The highest BCUT2D eigenvalue weighted by Gasteiger charge is 2.28. The Morgan fingerprint density at radius 3 is 2.41 bits per heavy atom. The lowest BCUT2D eigenvalue weighted by molar-refractivity contribution is 0.109. The molecule has 1 aliphatic heterocycles. The summed E-state index contributed by atoms with van der Waals surface area (Å²) in [6, 6.07) is 0. The van der Waals surface area contributed by atoms with Crippen LogP contribution in [0.5, 0.6) is 0 Å². The van der Waals surface area contributed by atoms with Crippen molar-refractivity contribution in [2.45, 2.75) is 58.4 Å². The fourth-order valence-electron chi connectivity index (χ4n) is 2.46. The number of rotatable bonds is 6. The highest BCUT2D eigenvalue weighted by molar-refractivity contribution is 4.82. The Bertz CT molecular complexity index is 220. The molecule has 3 heteroatoms. The minimum atomic E-state index is -0.395. The molecule has 0 aliphatic carbocycles. The van der Waals surface area contributed by atoms with Crippen LogP contribution in [-0.4, -0.2) is 41.8 Å².